The summed E-state index contributed by atoms with van der Waals surface area (Å²) in [6, 6.07) is 12.1. The molecule has 1 N–H and O–H groups in total. The highest BCUT2D eigenvalue weighted by molar-refractivity contribution is 5.94. The van der Waals surface area contributed by atoms with E-state index >= 15 is 0 Å². The van der Waals surface area contributed by atoms with E-state index in [4.69, 9.17) is 4.74 Å². The van der Waals surface area contributed by atoms with E-state index in [1.165, 1.54) is 29.7 Å². The monoisotopic (exact) mass is 313 g/mol. The number of anilines is 1. The minimum absolute atomic E-state index is 0.169. The molecule has 0 heterocycles. The van der Waals surface area contributed by atoms with Gasteiger partial charge in [-0.15, -0.1) is 0 Å². The van der Waals surface area contributed by atoms with Crippen molar-refractivity contribution in [3.63, 3.8) is 0 Å². The van der Waals surface area contributed by atoms with Crippen LogP contribution in [0.1, 0.15) is 30.9 Å². The van der Waals surface area contributed by atoms with E-state index in [2.05, 4.69) is 11.4 Å². The maximum Gasteiger partial charge on any atom is 0.265 e. The quantitative estimate of drug-likeness (QED) is 0.922. The van der Waals surface area contributed by atoms with Gasteiger partial charge in [0.2, 0.25) is 0 Å². The summed E-state index contributed by atoms with van der Waals surface area (Å²) < 4.78 is 19.5. The molecular weight excluding hydrogens is 293 g/mol. The summed E-state index contributed by atoms with van der Waals surface area (Å²) in [5.74, 6) is -0.0490. The van der Waals surface area contributed by atoms with Crippen molar-refractivity contribution in [1.82, 2.24) is 0 Å². The molecule has 0 saturated heterocycles. The highest BCUT2D eigenvalue weighted by Crippen LogP contribution is 2.30. The van der Waals surface area contributed by atoms with Crippen molar-refractivity contribution in [2.45, 2.75) is 38.7 Å². The van der Waals surface area contributed by atoms with Gasteiger partial charge in [-0.2, -0.15) is 0 Å². The summed E-state index contributed by atoms with van der Waals surface area (Å²) in [6.45, 7) is 1.68. The fourth-order valence-electron chi connectivity index (χ4n) is 2.90. The Morgan fingerprint density at radius 3 is 2.74 bits per heavy atom. The number of carbonyl (C=O) groups is 1. The third-order valence-electron chi connectivity index (χ3n) is 4.16. The second-order valence-electron chi connectivity index (χ2n) is 5.83. The van der Waals surface area contributed by atoms with E-state index in [9.17, 15) is 9.18 Å². The zero-order valence-electron chi connectivity index (χ0n) is 13.1. The Morgan fingerprint density at radius 1 is 1.13 bits per heavy atom. The predicted molar refractivity (Wildman–Crippen MR) is 88.2 cm³/mol. The molecule has 3 nitrogen and oxygen atoms in total. The highest BCUT2D eigenvalue weighted by Gasteiger charge is 2.20. The summed E-state index contributed by atoms with van der Waals surface area (Å²) in [5.41, 5.74) is 2.67. The lowest BCUT2D eigenvalue weighted by atomic mass is 9.91. The number of hydrogen-bond acceptors (Lipinski definition) is 2. The van der Waals surface area contributed by atoms with E-state index in [0.717, 1.165) is 25.0 Å². The van der Waals surface area contributed by atoms with Crippen LogP contribution in [0.4, 0.5) is 10.1 Å². The number of aryl methyl sites for hydroxylation is 1. The topological polar surface area (TPSA) is 38.3 Å². The molecule has 0 fully saturated rings. The van der Waals surface area contributed by atoms with Crippen LogP contribution in [0.2, 0.25) is 0 Å². The number of benzene rings is 2. The van der Waals surface area contributed by atoms with E-state index in [1.807, 2.05) is 12.1 Å². The van der Waals surface area contributed by atoms with Gasteiger partial charge >= 0.3 is 0 Å². The smallest absolute Gasteiger partial charge is 0.265 e. The van der Waals surface area contributed by atoms with Gasteiger partial charge in [-0.3, -0.25) is 4.79 Å². The van der Waals surface area contributed by atoms with Crippen molar-refractivity contribution in [2.24, 2.45) is 0 Å². The van der Waals surface area contributed by atoms with Crippen LogP contribution in [-0.2, 0) is 17.6 Å². The minimum atomic E-state index is -0.692. The zero-order valence-corrected chi connectivity index (χ0v) is 13.1. The van der Waals surface area contributed by atoms with Gasteiger partial charge in [-0.1, -0.05) is 24.3 Å². The maximum absolute atomic E-state index is 13.6. The van der Waals surface area contributed by atoms with Crippen LogP contribution in [0.25, 0.3) is 0 Å². The molecule has 0 spiro atoms. The fraction of sp³-hybridized carbons (Fsp3) is 0.316. The van der Waals surface area contributed by atoms with Gasteiger partial charge in [0.1, 0.15) is 11.6 Å². The van der Waals surface area contributed by atoms with Crippen molar-refractivity contribution >= 4 is 11.6 Å². The first-order valence-electron chi connectivity index (χ1n) is 7.98. The Balaban J connectivity index is 1.71. The molecule has 23 heavy (non-hydrogen) atoms. The molecule has 4 heteroatoms. The predicted octanol–water partition coefficient (Wildman–Crippen LogP) is 4.11. The van der Waals surface area contributed by atoms with Crippen molar-refractivity contribution in [2.75, 3.05) is 5.32 Å². The standard InChI is InChI=1S/C19H20FNO2/c1-13(19(22)21-17-11-5-4-10-16(17)20)23-18-12-6-8-14-7-2-3-9-15(14)18/h4-6,8,10-13H,2-3,7,9H2,1H3,(H,21,22)/t13-/m0/s1. The van der Waals surface area contributed by atoms with E-state index in [-0.39, 0.29) is 11.6 Å². The van der Waals surface area contributed by atoms with Gasteiger partial charge in [0.15, 0.2) is 6.10 Å². The number of nitrogens with one attached hydrogen (secondary N) is 1. The van der Waals surface area contributed by atoms with Gasteiger partial charge in [-0.05, 0) is 61.9 Å². The van der Waals surface area contributed by atoms with E-state index in [1.54, 1.807) is 19.1 Å². The van der Waals surface area contributed by atoms with Gasteiger partial charge in [0.25, 0.3) is 5.91 Å². The Labute approximate surface area is 135 Å². The summed E-state index contributed by atoms with van der Waals surface area (Å²) >= 11 is 0. The van der Waals surface area contributed by atoms with Crippen LogP contribution in [-0.4, -0.2) is 12.0 Å². The van der Waals surface area contributed by atoms with Crippen LogP contribution in [0.3, 0.4) is 0 Å². The van der Waals surface area contributed by atoms with Crippen LogP contribution < -0.4 is 10.1 Å². The Hall–Kier alpha value is -2.36. The number of halogens is 1. The molecule has 1 aliphatic carbocycles. The molecule has 0 unspecified atom stereocenters. The van der Waals surface area contributed by atoms with Crippen molar-refractivity contribution < 1.29 is 13.9 Å². The molecule has 2 aromatic rings. The van der Waals surface area contributed by atoms with Crippen molar-refractivity contribution in [1.29, 1.82) is 0 Å². The van der Waals surface area contributed by atoms with E-state index < -0.39 is 11.9 Å². The second kappa shape index (κ2) is 6.82. The van der Waals surface area contributed by atoms with Crippen LogP contribution >= 0.6 is 0 Å². The molecule has 0 bridgehead atoms. The number of carbonyl (C=O) groups excluding carboxylic acids is 1. The third kappa shape index (κ3) is 3.52. The summed E-state index contributed by atoms with van der Waals surface area (Å²) in [4.78, 5) is 12.2. The number of rotatable bonds is 4. The average molecular weight is 313 g/mol. The fourth-order valence-corrected chi connectivity index (χ4v) is 2.90. The number of para-hydroxylation sites is 1. The van der Waals surface area contributed by atoms with E-state index in [0.29, 0.717) is 0 Å². The second-order valence-corrected chi connectivity index (χ2v) is 5.83. The number of ether oxygens (including phenoxy) is 1. The molecule has 1 aliphatic rings. The first-order valence-corrected chi connectivity index (χ1v) is 7.98. The maximum atomic E-state index is 13.6. The zero-order chi connectivity index (χ0) is 16.2. The van der Waals surface area contributed by atoms with Crippen molar-refractivity contribution in [3.05, 3.63) is 59.4 Å². The van der Waals surface area contributed by atoms with Crippen molar-refractivity contribution in [3.8, 4) is 5.75 Å². The molecule has 2 aromatic carbocycles. The normalized spacial score (nSPS) is 14.7. The van der Waals surface area contributed by atoms with Crippen LogP contribution in [0.5, 0.6) is 5.75 Å². The van der Waals surface area contributed by atoms with Gasteiger partial charge in [0.05, 0.1) is 5.69 Å². The lowest BCUT2D eigenvalue weighted by Gasteiger charge is -2.22. The molecule has 120 valence electrons. The molecule has 0 radical (unpaired) electrons. The summed E-state index contributed by atoms with van der Waals surface area (Å²) in [7, 11) is 0. The van der Waals surface area contributed by atoms with Crippen LogP contribution in [0, 0.1) is 5.82 Å². The minimum Gasteiger partial charge on any atom is -0.481 e. The lowest BCUT2D eigenvalue weighted by molar-refractivity contribution is -0.122. The van der Waals surface area contributed by atoms with Gasteiger partial charge in [-0.25, -0.2) is 4.39 Å². The molecule has 3 rings (SSSR count). The largest absolute Gasteiger partial charge is 0.481 e. The lowest BCUT2D eigenvalue weighted by Crippen LogP contribution is -2.31. The Kier molecular flexibility index (Phi) is 4.60. The number of amides is 1. The summed E-state index contributed by atoms with van der Waals surface area (Å²) in [6.07, 6.45) is 3.68. The first-order chi connectivity index (χ1) is 11.1. The number of fused-ring (bicyclic) bond motifs is 1. The Bertz CT molecular complexity index is 714. The Morgan fingerprint density at radius 2 is 1.91 bits per heavy atom. The van der Waals surface area contributed by atoms with Crippen LogP contribution in [0.15, 0.2) is 42.5 Å². The SMILES string of the molecule is C[C@H](Oc1cccc2c1CCCC2)C(=O)Nc1ccccc1F. The summed E-state index contributed by atoms with van der Waals surface area (Å²) in [5, 5.41) is 2.57. The third-order valence-corrected chi connectivity index (χ3v) is 4.16. The molecule has 1 amide bonds. The number of hydrogen-bond donors (Lipinski definition) is 1. The van der Waals surface area contributed by atoms with Gasteiger partial charge in [0, 0.05) is 0 Å². The highest BCUT2D eigenvalue weighted by atomic mass is 19.1. The molecule has 0 aliphatic heterocycles. The molecule has 0 aromatic heterocycles. The molecular formula is C19H20FNO2. The first kappa shape index (κ1) is 15.5. The molecule has 0 saturated carbocycles. The average Bonchev–Trinajstić information content (AvgIpc) is 2.57. The van der Waals surface area contributed by atoms with Gasteiger partial charge < -0.3 is 10.1 Å². The molecule has 1 atom stereocenters.